The first-order chi connectivity index (χ1) is 13.5. The number of piperidine rings is 1. The van der Waals surface area contributed by atoms with E-state index in [0.29, 0.717) is 25.1 Å². The minimum Gasteiger partial charge on any atom is -0.497 e. The number of carbonyl (C=O) groups excluding carboxylic acids is 3. The lowest BCUT2D eigenvalue weighted by atomic mass is 9.96. The molecule has 0 saturated carbocycles. The summed E-state index contributed by atoms with van der Waals surface area (Å²) in [5.74, 6) is -1.48. The molecule has 3 rings (SSSR count). The molecular formula is C21H23N3O4. The van der Waals surface area contributed by atoms with Crippen molar-refractivity contribution in [3.05, 3.63) is 48.5 Å². The van der Waals surface area contributed by atoms with Crippen molar-refractivity contribution in [3.8, 4) is 16.9 Å². The summed E-state index contributed by atoms with van der Waals surface area (Å²) >= 11 is 0. The van der Waals surface area contributed by atoms with Gasteiger partial charge in [0.05, 0.1) is 13.0 Å². The lowest BCUT2D eigenvalue weighted by molar-refractivity contribution is -0.146. The van der Waals surface area contributed by atoms with E-state index >= 15 is 0 Å². The van der Waals surface area contributed by atoms with Crippen LogP contribution in [0.1, 0.15) is 12.8 Å². The number of nitrogens with one attached hydrogen (secondary N) is 1. The second-order valence-electron chi connectivity index (χ2n) is 6.75. The van der Waals surface area contributed by atoms with Gasteiger partial charge < -0.3 is 20.7 Å². The molecule has 7 heteroatoms. The molecule has 0 bridgehead atoms. The third-order valence-electron chi connectivity index (χ3n) is 4.85. The third kappa shape index (κ3) is 4.49. The van der Waals surface area contributed by atoms with Crippen molar-refractivity contribution in [1.29, 1.82) is 0 Å². The maximum Gasteiger partial charge on any atom is 0.311 e. The highest BCUT2D eigenvalue weighted by atomic mass is 16.5. The van der Waals surface area contributed by atoms with Gasteiger partial charge in [-0.2, -0.15) is 0 Å². The number of rotatable bonds is 4. The third-order valence-corrected chi connectivity index (χ3v) is 4.85. The van der Waals surface area contributed by atoms with Crippen LogP contribution in [0.3, 0.4) is 0 Å². The Hall–Kier alpha value is -3.35. The van der Waals surface area contributed by atoms with Gasteiger partial charge in [-0.3, -0.25) is 14.4 Å². The molecule has 28 heavy (non-hydrogen) atoms. The monoisotopic (exact) mass is 381 g/mol. The van der Waals surface area contributed by atoms with E-state index in [4.69, 9.17) is 10.5 Å². The maximum absolute atomic E-state index is 12.6. The molecule has 1 saturated heterocycles. The van der Waals surface area contributed by atoms with Crippen LogP contribution in [0.25, 0.3) is 11.1 Å². The zero-order chi connectivity index (χ0) is 20.1. The van der Waals surface area contributed by atoms with Gasteiger partial charge in [-0.05, 0) is 48.2 Å². The van der Waals surface area contributed by atoms with Crippen LogP contribution in [-0.2, 0) is 14.4 Å². The van der Waals surface area contributed by atoms with Crippen LogP contribution in [-0.4, -0.2) is 42.8 Å². The highest BCUT2D eigenvalue weighted by molar-refractivity contribution is 6.34. The molecule has 1 aliphatic heterocycles. The first-order valence-electron chi connectivity index (χ1n) is 9.12. The number of hydrogen-bond donors (Lipinski definition) is 2. The molecule has 146 valence electrons. The Labute approximate surface area is 163 Å². The van der Waals surface area contributed by atoms with Crippen molar-refractivity contribution in [2.45, 2.75) is 12.8 Å². The van der Waals surface area contributed by atoms with Gasteiger partial charge in [0.2, 0.25) is 5.91 Å². The van der Waals surface area contributed by atoms with Crippen molar-refractivity contribution in [2.75, 3.05) is 25.5 Å². The molecule has 1 atom stereocenters. The largest absolute Gasteiger partial charge is 0.497 e. The van der Waals surface area contributed by atoms with Gasteiger partial charge in [0.1, 0.15) is 5.75 Å². The van der Waals surface area contributed by atoms with Crippen LogP contribution in [0.5, 0.6) is 5.75 Å². The first-order valence-corrected chi connectivity index (χ1v) is 9.12. The van der Waals surface area contributed by atoms with Gasteiger partial charge in [-0.1, -0.05) is 24.3 Å². The Kier molecular flexibility index (Phi) is 5.93. The highest BCUT2D eigenvalue weighted by Gasteiger charge is 2.30. The summed E-state index contributed by atoms with van der Waals surface area (Å²) in [6.07, 6.45) is 1.32. The number of amides is 3. The predicted octanol–water partition coefficient (Wildman–Crippen LogP) is 2.02. The molecule has 0 aromatic heterocycles. The van der Waals surface area contributed by atoms with Gasteiger partial charge in [-0.15, -0.1) is 0 Å². The lowest BCUT2D eigenvalue weighted by Gasteiger charge is -2.31. The summed E-state index contributed by atoms with van der Waals surface area (Å²) in [7, 11) is 1.63. The van der Waals surface area contributed by atoms with Crippen LogP contribution in [0.2, 0.25) is 0 Å². The van der Waals surface area contributed by atoms with Crippen molar-refractivity contribution in [1.82, 2.24) is 4.90 Å². The summed E-state index contributed by atoms with van der Waals surface area (Å²) in [5.41, 5.74) is 7.76. The number of primary amides is 1. The fraction of sp³-hybridized carbons (Fsp3) is 0.286. The molecule has 0 spiro atoms. The zero-order valence-corrected chi connectivity index (χ0v) is 15.7. The van der Waals surface area contributed by atoms with Gasteiger partial charge in [0, 0.05) is 18.8 Å². The number of benzene rings is 2. The van der Waals surface area contributed by atoms with Gasteiger partial charge in [0.25, 0.3) is 0 Å². The normalized spacial score (nSPS) is 16.3. The van der Waals surface area contributed by atoms with Gasteiger partial charge >= 0.3 is 11.8 Å². The van der Waals surface area contributed by atoms with E-state index in [0.717, 1.165) is 16.9 Å². The van der Waals surface area contributed by atoms with Crippen LogP contribution >= 0.6 is 0 Å². The summed E-state index contributed by atoms with van der Waals surface area (Å²) in [4.78, 5) is 36.7. The number of carbonyl (C=O) groups is 3. The Morgan fingerprint density at radius 3 is 2.54 bits per heavy atom. The van der Waals surface area contributed by atoms with Crippen LogP contribution in [0.4, 0.5) is 5.69 Å². The molecule has 1 fully saturated rings. The number of likely N-dealkylation sites (tertiary alicyclic amines) is 1. The highest BCUT2D eigenvalue weighted by Crippen LogP contribution is 2.25. The van der Waals surface area contributed by atoms with Crippen molar-refractivity contribution in [3.63, 3.8) is 0 Å². The number of methoxy groups -OCH3 is 1. The number of nitrogens with two attached hydrogens (primary N) is 1. The number of nitrogens with zero attached hydrogens (tertiary/aromatic N) is 1. The average Bonchev–Trinajstić information content (AvgIpc) is 2.73. The van der Waals surface area contributed by atoms with E-state index in [-0.39, 0.29) is 18.4 Å². The average molecular weight is 381 g/mol. The summed E-state index contributed by atoms with van der Waals surface area (Å²) in [6.45, 7) is 0.649. The molecule has 2 aromatic rings. The van der Waals surface area contributed by atoms with Crippen LogP contribution in [0.15, 0.2) is 48.5 Å². The van der Waals surface area contributed by atoms with E-state index in [1.54, 1.807) is 7.11 Å². The quantitative estimate of drug-likeness (QED) is 0.791. The maximum atomic E-state index is 12.6. The molecule has 0 radical (unpaired) electrons. The topological polar surface area (TPSA) is 102 Å². The second kappa shape index (κ2) is 8.56. The fourth-order valence-electron chi connectivity index (χ4n) is 3.32. The predicted molar refractivity (Wildman–Crippen MR) is 106 cm³/mol. The standard InChI is InChI=1S/C21H23N3O4/c1-28-18-6-2-4-15(12-18)14-7-9-17(10-8-14)23-20(26)16-5-3-11-24(13-16)21(27)19(22)25/h2,4,6-10,12,16H,3,5,11,13H2,1H3,(H2,22,25)(H,23,26)/t16-/m1/s1. The SMILES string of the molecule is COc1cccc(-c2ccc(NC(=O)[C@@H]3CCCN(C(=O)C(N)=O)C3)cc2)c1. The van der Waals surface area contributed by atoms with E-state index in [1.807, 2.05) is 48.5 Å². The number of anilines is 1. The lowest BCUT2D eigenvalue weighted by Crippen LogP contribution is -2.48. The molecule has 7 nitrogen and oxygen atoms in total. The molecule has 0 aliphatic carbocycles. The smallest absolute Gasteiger partial charge is 0.311 e. The Morgan fingerprint density at radius 2 is 1.86 bits per heavy atom. The second-order valence-corrected chi connectivity index (χ2v) is 6.75. The molecule has 1 aliphatic rings. The summed E-state index contributed by atoms with van der Waals surface area (Å²) in [5, 5.41) is 2.88. The molecule has 0 unspecified atom stereocenters. The van der Waals surface area contributed by atoms with E-state index in [9.17, 15) is 14.4 Å². The molecule has 2 aromatic carbocycles. The molecule has 3 N–H and O–H groups in total. The Morgan fingerprint density at radius 1 is 1.11 bits per heavy atom. The number of ether oxygens (including phenoxy) is 1. The van der Waals surface area contributed by atoms with E-state index in [1.165, 1.54) is 4.90 Å². The van der Waals surface area contributed by atoms with Crippen molar-refractivity contribution < 1.29 is 19.1 Å². The van der Waals surface area contributed by atoms with E-state index in [2.05, 4.69) is 5.32 Å². The van der Waals surface area contributed by atoms with Crippen molar-refractivity contribution >= 4 is 23.4 Å². The molecule has 1 heterocycles. The molecule has 3 amide bonds. The fourth-order valence-corrected chi connectivity index (χ4v) is 3.32. The van der Waals surface area contributed by atoms with Gasteiger partial charge in [0.15, 0.2) is 0 Å². The minimum absolute atomic E-state index is 0.170. The minimum atomic E-state index is -0.991. The number of hydrogen-bond acceptors (Lipinski definition) is 4. The zero-order valence-electron chi connectivity index (χ0n) is 15.7. The molecular weight excluding hydrogens is 358 g/mol. The summed E-state index contributed by atoms with van der Waals surface area (Å²) in [6, 6.07) is 15.3. The summed E-state index contributed by atoms with van der Waals surface area (Å²) < 4.78 is 5.25. The Bertz CT molecular complexity index is 879. The van der Waals surface area contributed by atoms with Crippen LogP contribution in [0, 0.1) is 5.92 Å². The van der Waals surface area contributed by atoms with Gasteiger partial charge in [-0.25, -0.2) is 0 Å². The first kappa shape index (κ1) is 19.4. The van der Waals surface area contributed by atoms with E-state index < -0.39 is 11.8 Å². The van der Waals surface area contributed by atoms with Crippen molar-refractivity contribution in [2.24, 2.45) is 11.7 Å². The Balaban J connectivity index is 1.64. The van der Waals surface area contributed by atoms with Crippen LogP contribution < -0.4 is 15.8 Å².